The third-order valence-electron chi connectivity index (χ3n) is 3.74. The van der Waals surface area contributed by atoms with E-state index in [-0.39, 0.29) is 11.4 Å². The lowest BCUT2D eigenvalue weighted by Crippen LogP contribution is -2.53. The lowest BCUT2D eigenvalue weighted by atomic mass is 9.90. The number of thiazole rings is 1. The summed E-state index contributed by atoms with van der Waals surface area (Å²) < 4.78 is 0. The lowest BCUT2D eigenvalue weighted by Gasteiger charge is -2.32. The molecule has 1 fully saturated rings. The Labute approximate surface area is 119 Å². The maximum Gasteiger partial charge on any atom is 0.242 e. The van der Waals surface area contributed by atoms with Gasteiger partial charge < -0.3 is 10.2 Å². The van der Waals surface area contributed by atoms with E-state index in [0.29, 0.717) is 6.54 Å². The maximum atomic E-state index is 12.7. The molecule has 1 unspecified atom stereocenters. The van der Waals surface area contributed by atoms with Gasteiger partial charge in [-0.15, -0.1) is 11.3 Å². The molecule has 0 bridgehead atoms. The first kappa shape index (κ1) is 14.5. The molecule has 1 N–H and O–H groups in total. The van der Waals surface area contributed by atoms with Crippen molar-refractivity contribution >= 4 is 17.2 Å². The highest BCUT2D eigenvalue weighted by Gasteiger charge is 2.41. The van der Waals surface area contributed by atoms with Crippen LogP contribution in [-0.2, 0) is 11.3 Å². The van der Waals surface area contributed by atoms with Crippen LogP contribution in [0.25, 0.3) is 0 Å². The summed E-state index contributed by atoms with van der Waals surface area (Å²) >= 11 is 1.66. The molecule has 19 heavy (non-hydrogen) atoms. The first-order valence-electron chi connectivity index (χ1n) is 6.99. The van der Waals surface area contributed by atoms with Gasteiger partial charge in [-0.25, -0.2) is 4.98 Å². The second-order valence-corrected chi connectivity index (χ2v) is 6.69. The molecule has 0 spiro atoms. The number of hydrogen-bond donors (Lipinski definition) is 1. The fourth-order valence-corrected chi connectivity index (χ4v) is 3.73. The average Bonchev–Trinajstić information content (AvgIpc) is 2.99. The minimum atomic E-state index is -0.316. The second kappa shape index (κ2) is 6.01. The van der Waals surface area contributed by atoms with Crippen LogP contribution >= 0.6 is 11.3 Å². The Balaban J connectivity index is 2.04. The van der Waals surface area contributed by atoms with Crippen LogP contribution in [0.3, 0.4) is 0 Å². The molecule has 0 aromatic carbocycles. The number of likely N-dealkylation sites (N-methyl/N-ethyl adjacent to an activating group) is 1. The minimum Gasteiger partial charge on any atom is -0.339 e. The molecule has 1 amide bonds. The fraction of sp³-hybridized carbons (Fsp3) is 0.714. The Kier molecular flexibility index (Phi) is 4.58. The predicted octanol–water partition coefficient (Wildman–Crippen LogP) is 2.33. The number of hydrogen-bond acceptors (Lipinski definition) is 4. The smallest absolute Gasteiger partial charge is 0.242 e. The molecule has 1 aliphatic rings. The van der Waals surface area contributed by atoms with Crippen molar-refractivity contribution in [3.05, 3.63) is 16.1 Å². The van der Waals surface area contributed by atoms with Crippen molar-refractivity contribution in [3.63, 3.8) is 0 Å². The quantitative estimate of drug-likeness (QED) is 0.901. The molecule has 0 saturated carbocycles. The molecule has 0 radical (unpaired) electrons. The zero-order valence-corrected chi connectivity index (χ0v) is 12.8. The van der Waals surface area contributed by atoms with Crippen molar-refractivity contribution in [2.75, 3.05) is 13.6 Å². The number of carbonyl (C=O) groups is 1. The molecule has 106 valence electrons. The molecule has 1 saturated heterocycles. The Morgan fingerprint density at radius 2 is 2.42 bits per heavy atom. The molecule has 1 aliphatic heterocycles. The van der Waals surface area contributed by atoms with Gasteiger partial charge in [-0.05, 0) is 32.7 Å². The van der Waals surface area contributed by atoms with Gasteiger partial charge in [-0.1, -0.05) is 13.3 Å². The number of carbonyl (C=O) groups excluding carboxylic acids is 1. The van der Waals surface area contributed by atoms with E-state index in [9.17, 15) is 4.79 Å². The molecule has 1 aromatic heterocycles. The van der Waals surface area contributed by atoms with E-state index in [1.807, 2.05) is 25.1 Å². The van der Waals surface area contributed by atoms with Gasteiger partial charge in [0.1, 0.15) is 0 Å². The largest absolute Gasteiger partial charge is 0.339 e. The fourth-order valence-electron chi connectivity index (χ4n) is 2.89. The van der Waals surface area contributed by atoms with Gasteiger partial charge in [0.25, 0.3) is 0 Å². The molecule has 5 heteroatoms. The highest BCUT2D eigenvalue weighted by Crippen LogP contribution is 2.27. The summed E-state index contributed by atoms with van der Waals surface area (Å²) in [7, 11) is 1.90. The van der Waals surface area contributed by atoms with Crippen LogP contribution in [0.4, 0.5) is 0 Å². The Bertz CT molecular complexity index is 438. The Hall–Kier alpha value is -0.940. The third-order valence-corrected chi connectivity index (χ3v) is 4.64. The maximum absolute atomic E-state index is 12.7. The Morgan fingerprint density at radius 1 is 1.63 bits per heavy atom. The van der Waals surface area contributed by atoms with E-state index in [1.165, 1.54) is 0 Å². The molecular formula is C14H23N3OS. The average molecular weight is 281 g/mol. The molecule has 1 aromatic rings. The van der Waals surface area contributed by atoms with Gasteiger partial charge in [0, 0.05) is 18.1 Å². The number of aromatic nitrogens is 1. The summed E-state index contributed by atoms with van der Waals surface area (Å²) in [6, 6.07) is 0. The number of amides is 1. The summed E-state index contributed by atoms with van der Waals surface area (Å²) in [5.74, 6) is 0.234. The predicted molar refractivity (Wildman–Crippen MR) is 78.2 cm³/mol. The molecule has 2 heterocycles. The zero-order chi connectivity index (χ0) is 13.9. The number of nitrogens with zero attached hydrogens (tertiary/aromatic N) is 2. The number of rotatable bonds is 5. The van der Waals surface area contributed by atoms with E-state index in [0.717, 1.165) is 42.1 Å². The van der Waals surface area contributed by atoms with Gasteiger partial charge in [-0.2, -0.15) is 0 Å². The first-order valence-corrected chi connectivity index (χ1v) is 7.81. The van der Waals surface area contributed by atoms with Crippen LogP contribution in [0.2, 0.25) is 0 Å². The van der Waals surface area contributed by atoms with E-state index in [2.05, 4.69) is 17.2 Å². The second-order valence-electron chi connectivity index (χ2n) is 5.37. The highest BCUT2D eigenvalue weighted by molar-refractivity contribution is 7.11. The van der Waals surface area contributed by atoms with Crippen LogP contribution in [-0.4, -0.2) is 34.9 Å². The van der Waals surface area contributed by atoms with Crippen LogP contribution in [0.15, 0.2) is 6.20 Å². The van der Waals surface area contributed by atoms with Crippen LogP contribution < -0.4 is 5.32 Å². The normalized spacial score (nSPS) is 22.7. The standard InChI is InChI=1S/C14H23N3OS/c1-4-6-14(7-5-8-16-14)13(18)17(3)10-12-9-15-11(2)19-12/h9,16H,4-8,10H2,1-3H3. The van der Waals surface area contributed by atoms with Gasteiger partial charge in [-0.3, -0.25) is 4.79 Å². The van der Waals surface area contributed by atoms with Crippen molar-refractivity contribution in [1.82, 2.24) is 15.2 Å². The van der Waals surface area contributed by atoms with Crippen molar-refractivity contribution in [3.8, 4) is 0 Å². The first-order chi connectivity index (χ1) is 9.07. The van der Waals surface area contributed by atoms with Crippen molar-refractivity contribution < 1.29 is 4.79 Å². The van der Waals surface area contributed by atoms with Gasteiger partial charge in [0.15, 0.2) is 0 Å². The Morgan fingerprint density at radius 3 is 2.95 bits per heavy atom. The van der Waals surface area contributed by atoms with E-state index in [1.54, 1.807) is 11.3 Å². The lowest BCUT2D eigenvalue weighted by molar-refractivity contribution is -0.137. The summed E-state index contributed by atoms with van der Waals surface area (Å²) in [5.41, 5.74) is -0.316. The van der Waals surface area contributed by atoms with Crippen LogP contribution in [0.5, 0.6) is 0 Å². The summed E-state index contributed by atoms with van der Waals surface area (Å²) in [5, 5.41) is 4.49. The van der Waals surface area contributed by atoms with Gasteiger partial charge in [0.05, 0.1) is 17.1 Å². The highest BCUT2D eigenvalue weighted by atomic mass is 32.1. The summed E-state index contributed by atoms with van der Waals surface area (Å²) in [6.45, 7) is 5.76. The van der Waals surface area contributed by atoms with Gasteiger partial charge >= 0.3 is 0 Å². The van der Waals surface area contributed by atoms with Crippen molar-refractivity contribution in [2.45, 2.75) is 51.6 Å². The van der Waals surface area contributed by atoms with Crippen molar-refractivity contribution in [2.24, 2.45) is 0 Å². The van der Waals surface area contributed by atoms with Crippen molar-refractivity contribution in [1.29, 1.82) is 0 Å². The number of nitrogens with one attached hydrogen (secondary N) is 1. The minimum absolute atomic E-state index is 0.234. The zero-order valence-electron chi connectivity index (χ0n) is 12.0. The number of aryl methyl sites for hydroxylation is 1. The molecule has 4 nitrogen and oxygen atoms in total. The van der Waals surface area contributed by atoms with E-state index >= 15 is 0 Å². The van der Waals surface area contributed by atoms with Crippen LogP contribution in [0, 0.1) is 6.92 Å². The van der Waals surface area contributed by atoms with Crippen LogP contribution in [0.1, 0.15) is 42.5 Å². The van der Waals surface area contributed by atoms with E-state index in [4.69, 9.17) is 0 Å². The summed E-state index contributed by atoms with van der Waals surface area (Å²) in [4.78, 5) is 20.0. The molecular weight excluding hydrogens is 258 g/mol. The molecule has 0 aliphatic carbocycles. The summed E-state index contributed by atoms with van der Waals surface area (Å²) in [6.07, 6.45) is 5.90. The molecule has 1 atom stereocenters. The van der Waals surface area contributed by atoms with Gasteiger partial charge in [0.2, 0.25) is 5.91 Å². The van der Waals surface area contributed by atoms with E-state index < -0.39 is 0 Å². The molecule has 2 rings (SSSR count). The topological polar surface area (TPSA) is 45.2 Å². The monoisotopic (exact) mass is 281 g/mol. The third kappa shape index (κ3) is 3.15. The SMILES string of the molecule is CCCC1(C(=O)N(C)Cc2cnc(C)s2)CCCN1.